The van der Waals surface area contributed by atoms with Crippen LogP contribution in [0.1, 0.15) is 38.9 Å². The molecule has 0 bridgehead atoms. The topological polar surface area (TPSA) is 96.4 Å². The van der Waals surface area contributed by atoms with Crippen molar-refractivity contribution in [2.75, 3.05) is 7.11 Å². The van der Waals surface area contributed by atoms with E-state index in [1.807, 2.05) is 24.3 Å². The highest BCUT2D eigenvalue weighted by atomic mass is 16.5. The Kier molecular flexibility index (Phi) is 5.96. The minimum absolute atomic E-state index is 0.313. The zero-order chi connectivity index (χ0) is 19.9. The number of esters is 1. The summed E-state index contributed by atoms with van der Waals surface area (Å²) in [7, 11) is 1.33. The lowest BCUT2D eigenvalue weighted by Crippen LogP contribution is -2.18. The van der Waals surface area contributed by atoms with Gasteiger partial charge < -0.3 is 4.74 Å². The zero-order valence-corrected chi connectivity index (χ0v) is 15.6. The Morgan fingerprint density at radius 2 is 1.86 bits per heavy atom. The van der Waals surface area contributed by atoms with Crippen LogP contribution in [0.5, 0.6) is 0 Å². The molecule has 28 heavy (non-hydrogen) atoms. The van der Waals surface area contributed by atoms with E-state index in [1.165, 1.54) is 18.9 Å². The number of aryl methyl sites for hydroxylation is 1. The van der Waals surface area contributed by atoms with Crippen LogP contribution in [0, 0.1) is 0 Å². The molecule has 0 unspecified atom stereocenters. The summed E-state index contributed by atoms with van der Waals surface area (Å²) in [6.45, 7) is 2.10. The summed E-state index contributed by atoms with van der Waals surface area (Å²) in [6.07, 6.45) is 2.46. The van der Waals surface area contributed by atoms with E-state index in [0.29, 0.717) is 17.0 Å². The molecule has 2 N–H and O–H groups in total. The van der Waals surface area contributed by atoms with Gasteiger partial charge in [0.25, 0.3) is 5.91 Å². The molecular weight excluding hydrogens is 356 g/mol. The van der Waals surface area contributed by atoms with Gasteiger partial charge in [0.2, 0.25) is 0 Å². The maximum atomic E-state index is 12.2. The van der Waals surface area contributed by atoms with Crippen molar-refractivity contribution in [3.63, 3.8) is 0 Å². The summed E-state index contributed by atoms with van der Waals surface area (Å²) in [4.78, 5) is 23.6. The first-order chi connectivity index (χ1) is 13.6. The van der Waals surface area contributed by atoms with Crippen molar-refractivity contribution >= 4 is 18.1 Å². The van der Waals surface area contributed by atoms with E-state index < -0.39 is 11.9 Å². The maximum Gasteiger partial charge on any atom is 0.337 e. The third-order valence-corrected chi connectivity index (χ3v) is 4.19. The molecule has 0 saturated heterocycles. The number of methoxy groups -OCH3 is 1. The van der Waals surface area contributed by atoms with E-state index in [2.05, 4.69) is 32.4 Å². The molecule has 1 amide bonds. The van der Waals surface area contributed by atoms with Crippen LogP contribution >= 0.6 is 0 Å². The smallest absolute Gasteiger partial charge is 0.337 e. The normalized spacial score (nSPS) is 10.8. The number of carbonyl (C=O) groups excluding carboxylic acids is 2. The van der Waals surface area contributed by atoms with Gasteiger partial charge in [-0.2, -0.15) is 10.2 Å². The number of hydrazone groups is 1. The van der Waals surface area contributed by atoms with Crippen LogP contribution in [0.25, 0.3) is 11.3 Å². The molecular formula is C21H20N4O3. The molecule has 0 saturated carbocycles. The van der Waals surface area contributed by atoms with E-state index in [1.54, 1.807) is 30.3 Å². The molecule has 3 rings (SSSR count). The summed E-state index contributed by atoms with van der Waals surface area (Å²) in [5.41, 5.74) is 6.80. The molecule has 2 aromatic carbocycles. The van der Waals surface area contributed by atoms with Crippen molar-refractivity contribution in [2.45, 2.75) is 13.3 Å². The molecule has 0 radical (unpaired) electrons. The van der Waals surface area contributed by atoms with Gasteiger partial charge in [-0.05, 0) is 35.7 Å². The second-order valence-corrected chi connectivity index (χ2v) is 6.03. The lowest BCUT2D eigenvalue weighted by atomic mass is 10.1. The van der Waals surface area contributed by atoms with Gasteiger partial charge >= 0.3 is 5.97 Å². The van der Waals surface area contributed by atoms with Crippen molar-refractivity contribution in [3.05, 3.63) is 77.0 Å². The fourth-order valence-corrected chi connectivity index (χ4v) is 2.55. The lowest BCUT2D eigenvalue weighted by molar-refractivity contribution is 0.0600. The number of rotatable bonds is 6. The number of amides is 1. The van der Waals surface area contributed by atoms with Crippen LogP contribution in [0.4, 0.5) is 0 Å². The van der Waals surface area contributed by atoms with Gasteiger partial charge in [-0.1, -0.05) is 43.3 Å². The number of aromatic amines is 1. The predicted molar refractivity (Wildman–Crippen MR) is 106 cm³/mol. The molecule has 7 heteroatoms. The van der Waals surface area contributed by atoms with Crippen molar-refractivity contribution in [3.8, 4) is 11.3 Å². The summed E-state index contributed by atoms with van der Waals surface area (Å²) in [5.74, 6) is -0.803. The number of nitrogens with one attached hydrogen (secondary N) is 2. The van der Waals surface area contributed by atoms with Gasteiger partial charge in [0.15, 0.2) is 0 Å². The number of benzene rings is 2. The van der Waals surface area contributed by atoms with Crippen LogP contribution in [0.3, 0.4) is 0 Å². The first-order valence-electron chi connectivity index (χ1n) is 8.77. The van der Waals surface area contributed by atoms with Crippen molar-refractivity contribution in [1.82, 2.24) is 15.6 Å². The Morgan fingerprint density at radius 3 is 2.50 bits per heavy atom. The summed E-state index contributed by atoms with van der Waals surface area (Å²) in [6, 6.07) is 16.4. The summed E-state index contributed by atoms with van der Waals surface area (Å²) in [5, 5.41) is 10.8. The van der Waals surface area contributed by atoms with Crippen LogP contribution in [-0.4, -0.2) is 35.4 Å². The molecule has 3 aromatic rings. The highest BCUT2D eigenvalue weighted by molar-refractivity contribution is 5.94. The molecule has 7 nitrogen and oxygen atoms in total. The molecule has 0 aliphatic carbocycles. The molecule has 1 aromatic heterocycles. The standard InChI is InChI=1S/C21H20N4O3/c1-3-14-4-8-16(9-5-14)18-12-19(24-23-18)20(26)25-22-13-15-6-10-17(11-7-15)21(27)28-2/h4-13H,3H2,1-2H3,(H,23,24)(H,25,26). The molecule has 0 atom stereocenters. The van der Waals surface area contributed by atoms with Gasteiger partial charge in [0.05, 0.1) is 24.6 Å². The Hall–Kier alpha value is -3.74. The van der Waals surface area contributed by atoms with Gasteiger partial charge in [0, 0.05) is 5.56 Å². The SMILES string of the molecule is CCc1ccc(-c2cc(C(=O)NN=Cc3ccc(C(=O)OC)cc3)[nH]n2)cc1. The molecule has 0 aliphatic rings. The lowest BCUT2D eigenvalue weighted by Gasteiger charge is -1.99. The number of H-pyrrole nitrogens is 1. The fourth-order valence-electron chi connectivity index (χ4n) is 2.55. The molecule has 0 fully saturated rings. The van der Waals surface area contributed by atoms with Crippen molar-refractivity contribution in [1.29, 1.82) is 0 Å². The van der Waals surface area contributed by atoms with Gasteiger partial charge in [-0.25, -0.2) is 10.2 Å². The highest BCUT2D eigenvalue weighted by Crippen LogP contribution is 2.18. The molecule has 0 aliphatic heterocycles. The second kappa shape index (κ2) is 8.77. The number of hydrogen-bond acceptors (Lipinski definition) is 5. The number of nitrogens with zero attached hydrogens (tertiary/aromatic N) is 2. The van der Waals surface area contributed by atoms with E-state index >= 15 is 0 Å². The number of ether oxygens (including phenoxy) is 1. The Bertz CT molecular complexity index is 989. The van der Waals surface area contributed by atoms with Crippen molar-refractivity contribution in [2.24, 2.45) is 5.10 Å². The van der Waals surface area contributed by atoms with Gasteiger partial charge in [-0.3, -0.25) is 9.89 Å². The van der Waals surface area contributed by atoms with E-state index in [0.717, 1.165) is 17.5 Å². The van der Waals surface area contributed by atoms with Crippen molar-refractivity contribution < 1.29 is 14.3 Å². The Labute approximate surface area is 162 Å². The predicted octanol–water partition coefficient (Wildman–Crippen LogP) is 3.19. The average Bonchev–Trinajstić information content (AvgIpc) is 3.24. The Balaban J connectivity index is 1.61. The summed E-state index contributed by atoms with van der Waals surface area (Å²) < 4.78 is 4.64. The number of aromatic nitrogens is 2. The largest absolute Gasteiger partial charge is 0.465 e. The third kappa shape index (κ3) is 4.50. The molecule has 1 heterocycles. The molecule has 0 spiro atoms. The highest BCUT2D eigenvalue weighted by Gasteiger charge is 2.10. The second-order valence-electron chi connectivity index (χ2n) is 6.03. The monoisotopic (exact) mass is 376 g/mol. The fraction of sp³-hybridized carbons (Fsp3) is 0.143. The maximum absolute atomic E-state index is 12.2. The summed E-state index contributed by atoms with van der Waals surface area (Å²) >= 11 is 0. The Morgan fingerprint density at radius 1 is 1.14 bits per heavy atom. The van der Waals surface area contributed by atoms with E-state index in [-0.39, 0.29) is 0 Å². The average molecular weight is 376 g/mol. The quantitative estimate of drug-likeness (QED) is 0.392. The van der Waals surface area contributed by atoms with Gasteiger partial charge in [0.1, 0.15) is 5.69 Å². The molecule has 142 valence electrons. The minimum atomic E-state index is -0.406. The first kappa shape index (κ1) is 19.0. The minimum Gasteiger partial charge on any atom is -0.465 e. The zero-order valence-electron chi connectivity index (χ0n) is 15.6. The van der Waals surface area contributed by atoms with Crippen LogP contribution in [0.2, 0.25) is 0 Å². The van der Waals surface area contributed by atoms with E-state index in [4.69, 9.17) is 0 Å². The van der Waals surface area contributed by atoms with Gasteiger partial charge in [-0.15, -0.1) is 0 Å². The number of carbonyl (C=O) groups is 2. The van der Waals surface area contributed by atoms with Crippen LogP contribution in [-0.2, 0) is 11.2 Å². The van der Waals surface area contributed by atoms with Crippen LogP contribution < -0.4 is 5.43 Å². The van der Waals surface area contributed by atoms with E-state index in [9.17, 15) is 9.59 Å². The third-order valence-electron chi connectivity index (χ3n) is 4.19. The first-order valence-corrected chi connectivity index (χ1v) is 8.77. The van der Waals surface area contributed by atoms with Crippen LogP contribution in [0.15, 0.2) is 59.7 Å². The number of hydrogen-bond donors (Lipinski definition) is 2.